The van der Waals surface area contributed by atoms with Crippen LogP contribution in [0.5, 0.6) is 5.75 Å². The third-order valence-corrected chi connectivity index (χ3v) is 7.31. The first-order valence-corrected chi connectivity index (χ1v) is 12.2. The summed E-state index contributed by atoms with van der Waals surface area (Å²) in [5.74, 6) is -0.469. The molecule has 0 unspecified atom stereocenters. The molecule has 0 fully saturated rings. The molecule has 184 valence electrons. The van der Waals surface area contributed by atoms with Gasteiger partial charge in [-0.1, -0.05) is 35.4 Å². The maximum absolute atomic E-state index is 13.7. The van der Waals surface area contributed by atoms with Gasteiger partial charge in [0.15, 0.2) is 0 Å². The molecule has 3 aromatic rings. The summed E-state index contributed by atoms with van der Waals surface area (Å²) in [6.07, 6.45) is 0. The third kappa shape index (κ3) is 5.72. The average molecular weight is 518 g/mol. The van der Waals surface area contributed by atoms with Crippen molar-refractivity contribution < 1.29 is 22.9 Å². The lowest BCUT2D eigenvalue weighted by Crippen LogP contribution is -2.38. The van der Waals surface area contributed by atoms with E-state index >= 15 is 0 Å². The Labute approximate surface area is 208 Å². The van der Waals surface area contributed by atoms with Gasteiger partial charge in [-0.3, -0.25) is 19.2 Å². The molecule has 0 heterocycles. The van der Waals surface area contributed by atoms with Crippen LogP contribution in [0.2, 0.25) is 5.02 Å². The number of benzene rings is 3. The normalized spacial score (nSPS) is 11.1. The second kappa shape index (κ2) is 10.3. The quantitative estimate of drug-likeness (QED) is 0.331. The first-order valence-electron chi connectivity index (χ1n) is 10.4. The maximum Gasteiger partial charge on any atom is 0.273 e. The first kappa shape index (κ1) is 26.0. The van der Waals surface area contributed by atoms with Crippen LogP contribution in [0.25, 0.3) is 0 Å². The van der Waals surface area contributed by atoms with Crippen molar-refractivity contribution in [3.05, 3.63) is 86.4 Å². The highest BCUT2D eigenvalue weighted by Crippen LogP contribution is 2.36. The largest absolute Gasteiger partial charge is 0.495 e. The first-order chi connectivity index (χ1) is 16.4. The lowest BCUT2D eigenvalue weighted by molar-refractivity contribution is -0.385. The molecule has 0 aromatic heterocycles. The molecule has 0 saturated carbocycles. The zero-order valence-corrected chi connectivity index (χ0v) is 21.1. The predicted molar refractivity (Wildman–Crippen MR) is 135 cm³/mol. The van der Waals surface area contributed by atoms with E-state index in [4.69, 9.17) is 16.3 Å². The van der Waals surface area contributed by atoms with Gasteiger partial charge in [0.25, 0.3) is 15.7 Å². The summed E-state index contributed by atoms with van der Waals surface area (Å²) < 4.78 is 33.6. The molecule has 3 rings (SSSR count). The van der Waals surface area contributed by atoms with E-state index in [0.717, 1.165) is 21.5 Å². The monoisotopic (exact) mass is 517 g/mol. The molecule has 0 aliphatic rings. The summed E-state index contributed by atoms with van der Waals surface area (Å²) in [5, 5.41) is 14.4. The summed E-state index contributed by atoms with van der Waals surface area (Å²) in [6, 6.07) is 13.3. The van der Waals surface area contributed by atoms with Crippen LogP contribution in [0.15, 0.2) is 59.5 Å². The predicted octanol–water partition coefficient (Wildman–Crippen LogP) is 5.02. The average Bonchev–Trinajstić information content (AvgIpc) is 2.79. The number of sulfonamides is 1. The van der Waals surface area contributed by atoms with Gasteiger partial charge in [-0.15, -0.1) is 0 Å². The van der Waals surface area contributed by atoms with E-state index in [2.05, 4.69) is 5.32 Å². The van der Waals surface area contributed by atoms with Crippen LogP contribution in [0.3, 0.4) is 0 Å². The molecule has 0 radical (unpaired) electrons. The highest BCUT2D eigenvalue weighted by atomic mass is 35.5. The number of rotatable bonds is 8. The number of nitrogens with zero attached hydrogens (tertiary/aromatic N) is 2. The number of amides is 1. The summed E-state index contributed by atoms with van der Waals surface area (Å²) in [7, 11) is -3.10. The molecule has 9 nitrogen and oxygen atoms in total. The number of nitrogens with one attached hydrogen (secondary N) is 1. The SMILES string of the molecule is COc1ccc(Cl)cc1N(CC(=O)Nc1ccc(C)cc1C)S(=O)(=O)c1ccc(C)c([N+](=O)[O-])c1. The van der Waals surface area contributed by atoms with Crippen molar-refractivity contribution in [2.45, 2.75) is 25.7 Å². The van der Waals surface area contributed by atoms with Gasteiger partial charge >= 0.3 is 0 Å². The van der Waals surface area contributed by atoms with Crippen LogP contribution in [0.1, 0.15) is 16.7 Å². The number of hydrogen-bond acceptors (Lipinski definition) is 6. The number of aryl methyl sites for hydroxylation is 3. The molecule has 3 aromatic carbocycles. The van der Waals surface area contributed by atoms with Gasteiger partial charge in [-0.2, -0.15) is 0 Å². The highest BCUT2D eigenvalue weighted by Gasteiger charge is 2.31. The Bertz CT molecular complexity index is 1410. The summed E-state index contributed by atoms with van der Waals surface area (Å²) in [5.41, 5.74) is 2.30. The number of methoxy groups -OCH3 is 1. The molecule has 0 aliphatic heterocycles. The van der Waals surface area contributed by atoms with E-state index in [1.807, 2.05) is 26.0 Å². The van der Waals surface area contributed by atoms with Crippen LogP contribution in [-0.2, 0) is 14.8 Å². The Morgan fingerprint density at radius 3 is 2.40 bits per heavy atom. The number of nitro benzene ring substituents is 1. The molecule has 11 heteroatoms. The maximum atomic E-state index is 13.7. The van der Waals surface area contributed by atoms with Gasteiger partial charge in [0.05, 0.1) is 22.6 Å². The van der Waals surface area contributed by atoms with E-state index in [1.165, 1.54) is 44.4 Å². The fourth-order valence-corrected chi connectivity index (χ4v) is 5.12. The van der Waals surface area contributed by atoms with Crippen molar-refractivity contribution in [2.75, 3.05) is 23.3 Å². The van der Waals surface area contributed by atoms with E-state index < -0.39 is 27.4 Å². The van der Waals surface area contributed by atoms with Gasteiger partial charge in [0.1, 0.15) is 12.3 Å². The van der Waals surface area contributed by atoms with Crippen LogP contribution in [0.4, 0.5) is 17.1 Å². The molecule has 35 heavy (non-hydrogen) atoms. The second-order valence-electron chi connectivity index (χ2n) is 7.90. The number of hydrogen-bond donors (Lipinski definition) is 1. The molecule has 0 bridgehead atoms. The van der Waals surface area contributed by atoms with E-state index in [0.29, 0.717) is 11.3 Å². The fraction of sp³-hybridized carbons (Fsp3) is 0.208. The smallest absolute Gasteiger partial charge is 0.273 e. The summed E-state index contributed by atoms with van der Waals surface area (Å²) in [4.78, 5) is 23.4. The number of anilines is 2. The van der Waals surface area contributed by atoms with Gasteiger partial charge in [0.2, 0.25) is 5.91 Å². The molecule has 0 atom stereocenters. The van der Waals surface area contributed by atoms with Gasteiger partial charge in [0, 0.05) is 22.3 Å². The molecular weight excluding hydrogens is 494 g/mol. The summed E-state index contributed by atoms with van der Waals surface area (Å²) in [6.45, 7) is 4.61. The standard InChI is InChI=1S/C24H24ClN3O6S/c1-15-5-9-20(17(3)11-15)26-24(29)14-27(22-12-18(25)7-10-23(22)34-4)35(32,33)19-8-6-16(2)21(13-19)28(30)31/h5-13H,14H2,1-4H3,(H,26,29). The lowest BCUT2D eigenvalue weighted by atomic mass is 10.1. The number of ether oxygens (including phenoxy) is 1. The highest BCUT2D eigenvalue weighted by molar-refractivity contribution is 7.92. The molecule has 0 spiro atoms. The molecule has 0 saturated heterocycles. The Hall–Kier alpha value is -3.63. The van der Waals surface area contributed by atoms with Crippen LogP contribution < -0.4 is 14.4 Å². The zero-order valence-electron chi connectivity index (χ0n) is 19.5. The number of carbonyl (C=O) groups is 1. The number of halogens is 1. The Morgan fingerprint density at radius 2 is 1.77 bits per heavy atom. The fourth-order valence-electron chi connectivity index (χ4n) is 3.51. The van der Waals surface area contributed by atoms with Crippen LogP contribution in [-0.4, -0.2) is 32.9 Å². The van der Waals surface area contributed by atoms with Crippen molar-refractivity contribution in [1.29, 1.82) is 0 Å². The van der Waals surface area contributed by atoms with Crippen LogP contribution >= 0.6 is 11.6 Å². The van der Waals surface area contributed by atoms with E-state index in [-0.39, 0.29) is 27.0 Å². The Balaban J connectivity index is 2.10. The van der Waals surface area contributed by atoms with Gasteiger partial charge in [-0.05, 0) is 56.7 Å². The van der Waals surface area contributed by atoms with Crippen molar-refractivity contribution in [2.24, 2.45) is 0 Å². The minimum atomic E-state index is -4.45. The Morgan fingerprint density at radius 1 is 1.06 bits per heavy atom. The molecule has 1 N–H and O–H groups in total. The van der Waals surface area contributed by atoms with Crippen molar-refractivity contribution in [3.8, 4) is 5.75 Å². The van der Waals surface area contributed by atoms with Crippen molar-refractivity contribution in [3.63, 3.8) is 0 Å². The van der Waals surface area contributed by atoms with E-state index in [9.17, 15) is 23.3 Å². The number of nitro groups is 1. The van der Waals surface area contributed by atoms with Gasteiger partial charge in [-0.25, -0.2) is 8.42 Å². The minimum Gasteiger partial charge on any atom is -0.495 e. The second-order valence-corrected chi connectivity index (χ2v) is 10.2. The lowest BCUT2D eigenvalue weighted by Gasteiger charge is -2.26. The molecule has 1 amide bonds. The third-order valence-electron chi connectivity index (χ3n) is 5.32. The zero-order chi connectivity index (χ0) is 25.9. The van der Waals surface area contributed by atoms with Crippen LogP contribution in [0, 0.1) is 30.9 Å². The Kier molecular flexibility index (Phi) is 7.67. The van der Waals surface area contributed by atoms with Crippen molar-refractivity contribution >= 4 is 44.6 Å². The van der Waals surface area contributed by atoms with Crippen molar-refractivity contribution in [1.82, 2.24) is 0 Å². The van der Waals surface area contributed by atoms with E-state index in [1.54, 1.807) is 6.07 Å². The molecular formula is C24H24ClN3O6S. The topological polar surface area (TPSA) is 119 Å². The molecule has 0 aliphatic carbocycles. The van der Waals surface area contributed by atoms with Gasteiger partial charge < -0.3 is 10.1 Å². The minimum absolute atomic E-state index is 0.0130. The number of carbonyl (C=O) groups excluding carboxylic acids is 1. The summed E-state index contributed by atoms with van der Waals surface area (Å²) >= 11 is 6.14.